The van der Waals surface area contributed by atoms with Crippen molar-refractivity contribution in [1.29, 1.82) is 0 Å². The average Bonchev–Trinajstić information content (AvgIpc) is 2.14. The first-order valence-electron chi connectivity index (χ1n) is 4.71. The lowest BCUT2D eigenvalue weighted by atomic mass is 9.93. The molecule has 0 aliphatic rings. The van der Waals surface area contributed by atoms with Crippen LogP contribution in [-0.4, -0.2) is 7.11 Å². The van der Waals surface area contributed by atoms with Gasteiger partial charge in [0.25, 0.3) is 0 Å². The van der Waals surface area contributed by atoms with Crippen molar-refractivity contribution in [3.63, 3.8) is 0 Å². The molecule has 0 amide bonds. The van der Waals surface area contributed by atoms with Gasteiger partial charge in [0, 0.05) is 11.1 Å². The van der Waals surface area contributed by atoms with Crippen LogP contribution in [0, 0.1) is 0 Å². The third kappa shape index (κ3) is 2.66. The van der Waals surface area contributed by atoms with E-state index in [1.54, 1.807) is 13.8 Å². The summed E-state index contributed by atoms with van der Waals surface area (Å²) in [4.78, 5) is 0. The summed E-state index contributed by atoms with van der Waals surface area (Å²) in [5.74, 6) is 0.155. The maximum Gasteiger partial charge on any atom is 0.416 e. The first-order valence-corrected chi connectivity index (χ1v) is 4.71. The number of methoxy groups -OCH3 is 1. The Morgan fingerprint density at radius 2 is 1.75 bits per heavy atom. The van der Waals surface area contributed by atoms with Gasteiger partial charge < -0.3 is 10.5 Å². The van der Waals surface area contributed by atoms with Crippen molar-refractivity contribution < 1.29 is 17.9 Å². The minimum absolute atomic E-state index is 0.155. The number of halogens is 3. The molecule has 16 heavy (non-hydrogen) atoms. The molecule has 0 fully saturated rings. The third-order valence-electron chi connectivity index (χ3n) is 2.22. The summed E-state index contributed by atoms with van der Waals surface area (Å²) in [6, 6.07) is 3.32. The predicted molar refractivity (Wildman–Crippen MR) is 55.2 cm³/mol. The van der Waals surface area contributed by atoms with Crippen LogP contribution in [0.4, 0.5) is 13.2 Å². The summed E-state index contributed by atoms with van der Waals surface area (Å²) >= 11 is 0. The van der Waals surface area contributed by atoms with E-state index in [-0.39, 0.29) is 5.75 Å². The minimum atomic E-state index is -4.37. The van der Waals surface area contributed by atoms with Gasteiger partial charge in [-0.15, -0.1) is 0 Å². The molecule has 0 saturated heterocycles. The molecule has 1 aromatic carbocycles. The highest BCUT2D eigenvalue weighted by atomic mass is 19.4. The summed E-state index contributed by atoms with van der Waals surface area (Å²) in [5.41, 5.74) is 4.90. The average molecular weight is 233 g/mol. The van der Waals surface area contributed by atoms with Gasteiger partial charge in [-0.25, -0.2) is 0 Å². The summed E-state index contributed by atoms with van der Waals surface area (Å²) in [7, 11) is 1.32. The summed E-state index contributed by atoms with van der Waals surface area (Å²) < 4.78 is 42.3. The van der Waals surface area contributed by atoms with E-state index < -0.39 is 17.3 Å². The molecule has 0 aliphatic heterocycles. The van der Waals surface area contributed by atoms with Crippen LogP contribution in [0.25, 0.3) is 0 Å². The molecular weight excluding hydrogens is 219 g/mol. The van der Waals surface area contributed by atoms with Gasteiger partial charge in [0.05, 0.1) is 12.7 Å². The van der Waals surface area contributed by atoms with E-state index in [2.05, 4.69) is 0 Å². The Kier molecular flexibility index (Phi) is 3.19. The molecule has 0 aromatic heterocycles. The quantitative estimate of drug-likeness (QED) is 0.852. The van der Waals surface area contributed by atoms with Crippen molar-refractivity contribution in [3.8, 4) is 5.75 Å². The lowest BCUT2D eigenvalue weighted by molar-refractivity contribution is -0.137. The first-order chi connectivity index (χ1) is 7.16. The smallest absolute Gasteiger partial charge is 0.416 e. The van der Waals surface area contributed by atoms with Gasteiger partial charge in [0.2, 0.25) is 0 Å². The number of nitrogens with two attached hydrogens (primary N) is 1. The second-order valence-electron chi connectivity index (χ2n) is 4.13. The predicted octanol–water partition coefficient (Wildman–Crippen LogP) is 2.91. The van der Waals surface area contributed by atoms with Crippen LogP contribution in [-0.2, 0) is 11.7 Å². The number of hydrogen-bond acceptors (Lipinski definition) is 2. The molecule has 0 radical (unpaired) electrons. The molecule has 0 spiro atoms. The van der Waals surface area contributed by atoms with Crippen LogP contribution in [0.15, 0.2) is 18.2 Å². The highest BCUT2D eigenvalue weighted by molar-refractivity contribution is 5.42. The Morgan fingerprint density at radius 1 is 1.19 bits per heavy atom. The highest BCUT2D eigenvalue weighted by Crippen LogP contribution is 2.35. The number of hydrogen-bond donors (Lipinski definition) is 1. The van der Waals surface area contributed by atoms with Crippen LogP contribution >= 0.6 is 0 Å². The molecule has 0 unspecified atom stereocenters. The van der Waals surface area contributed by atoms with Crippen LogP contribution in [0.1, 0.15) is 25.0 Å². The SMILES string of the molecule is COc1cc(C(F)(F)F)ccc1C(C)(C)N. The van der Waals surface area contributed by atoms with E-state index in [0.29, 0.717) is 5.56 Å². The molecule has 1 aromatic rings. The number of alkyl halides is 3. The normalized spacial score (nSPS) is 12.7. The Bertz CT molecular complexity index is 380. The molecular formula is C11H14F3NO. The van der Waals surface area contributed by atoms with Gasteiger partial charge in [0.1, 0.15) is 5.75 Å². The zero-order chi connectivity index (χ0) is 12.6. The Morgan fingerprint density at radius 3 is 2.12 bits per heavy atom. The second-order valence-corrected chi connectivity index (χ2v) is 4.13. The Labute approximate surface area is 92.2 Å². The Balaban J connectivity index is 3.28. The fourth-order valence-corrected chi connectivity index (χ4v) is 1.40. The zero-order valence-electron chi connectivity index (χ0n) is 9.35. The molecule has 2 nitrogen and oxygen atoms in total. The molecule has 0 saturated carbocycles. The van der Waals surface area contributed by atoms with Crippen molar-refractivity contribution in [1.82, 2.24) is 0 Å². The lowest BCUT2D eigenvalue weighted by Gasteiger charge is -2.23. The van der Waals surface area contributed by atoms with E-state index in [9.17, 15) is 13.2 Å². The zero-order valence-corrected chi connectivity index (χ0v) is 9.35. The van der Waals surface area contributed by atoms with Crippen molar-refractivity contribution in [2.75, 3.05) is 7.11 Å². The van der Waals surface area contributed by atoms with E-state index in [4.69, 9.17) is 10.5 Å². The van der Waals surface area contributed by atoms with E-state index in [1.807, 2.05) is 0 Å². The van der Waals surface area contributed by atoms with Crippen molar-refractivity contribution in [3.05, 3.63) is 29.3 Å². The monoisotopic (exact) mass is 233 g/mol. The van der Waals surface area contributed by atoms with E-state index in [1.165, 1.54) is 13.2 Å². The van der Waals surface area contributed by atoms with Crippen LogP contribution in [0.3, 0.4) is 0 Å². The van der Waals surface area contributed by atoms with Gasteiger partial charge >= 0.3 is 6.18 Å². The molecule has 90 valence electrons. The van der Waals surface area contributed by atoms with Gasteiger partial charge in [-0.1, -0.05) is 6.07 Å². The maximum absolute atomic E-state index is 12.4. The van der Waals surface area contributed by atoms with Gasteiger partial charge in [-0.3, -0.25) is 0 Å². The van der Waals surface area contributed by atoms with Crippen molar-refractivity contribution in [2.24, 2.45) is 5.73 Å². The standard InChI is InChI=1S/C11H14F3NO/c1-10(2,15)8-5-4-7(11(12,13)14)6-9(8)16-3/h4-6H,15H2,1-3H3. The number of benzene rings is 1. The highest BCUT2D eigenvalue weighted by Gasteiger charge is 2.32. The van der Waals surface area contributed by atoms with Crippen LogP contribution < -0.4 is 10.5 Å². The summed E-state index contributed by atoms with van der Waals surface area (Å²) in [6.45, 7) is 3.41. The fraction of sp³-hybridized carbons (Fsp3) is 0.455. The molecule has 5 heteroatoms. The van der Waals surface area contributed by atoms with E-state index >= 15 is 0 Å². The fourth-order valence-electron chi connectivity index (χ4n) is 1.40. The molecule has 0 bridgehead atoms. The number of ether oxygens (including phenoxy) is 1. The molecule has 2 N–H and O–H groups in total. The lowest BCUT2D eigenvalue weighted by Crippen LogP contribution is -2.29. The van der Waals surface area contributed by atoms with Crippen LogP contribution in [0.5, 0.6) is 5.75 Å². The third-order valence-corrected chi connectivity index (χ3v) is 2.22. The summed E-state index contributed by atoms with van der Waals surface area (Å²) in [5, 5.41) is 0. The van der Waals surface area contributed by atoms with Crippen molar-refractivity contribution in [2.45, 2.75) is 25.6 Å². The van der Waals surface area contributed by atoms with Crippen molar-refractivity contribution >= 4 is 0 Å². The molecule has 0 atom stereocenters. The summed E-state index contributed by atoms with van der Waals surface area (Å²) in [6.07, 6.45) is -4.37. The van der Waals surface area contributed by atoms with Gasteiger partial charge in [-0.05, 0) is 26.0 Å². The topological polar surface area (TPSA) is 35.2 Å². The Hall–Kier alpha value is -1.23. The maximum atomic E-state index is 12.4. The number of rotatable bonds is 2. The first kappa shape index (κ1) is 12.8. The largest absolute Gasteiger partial charge is 0.496 e. The minimum Gasteiger partial charge on any atom is -0.496 e. The van der Waals surface area contributed by atoms with E-state index in [0.717, 1.165) is 12.1 Å². The molecule has 0 heterocycles. The molecule has 0 aliphatic carbocycles. The van der Waals surface area contributed by atoms with Crippen LogP contribution in [0.2, 0.25) is 0 Å². The molecule has 1 rings (SSSR count). The second kappa shape index (κ2) is 3.97. The van der Waals surface area contributed by atoms with Gasteiger partial charge in [0.15, 0.2) is 0 Å². The van der Waals surface area contributed by atoms with Gasteiger partial charge in [-0.2, -0.15) is 13.2 Å².